The molecule has 0 saturated heterocycles. The molecule has 1 amide bonds. The quantitative estimate of drug-likeness (QED) is 0.729. The van der Waals surface area contributed by atoms with Crippen molar-refractivity contribution >= 4 is 17.2 Å². The van der Waals surface area contributed by atoms with Crippen molar-refractivity contribution in [1.82, 2.24) is 5.32 Å². The summed E-state index contributed by atoms with van der Waals surface area (Å²) in [5.74, 6) is 5.18. The van der Waals surface area contributed by atoms with E-state index in [0.29, 0.717) is 10.4 Å². The molecule has 0 saturated carbocycles. The van der Waals surface area contributed by atoms with Crippen molar-refractivity contribution in [3.05, 3.63) is 21.9 Å². The molecule has 2 N–H and O–H groups in total. The second-order valence-corrected chi connectivity index (χ2v) is 5.24. The van der Waals surface area contributed by atoms with Crippen LogP contribution in [-0.4, -0.2) is 23.2 Å². The molecule has 1 rings (SSSR count). The number of nitrogens with one attached hydrogen (secondary N) is 1. The van der Waals surface area contributed by atoms with Crippen LogP contribution in [0, 0.1) is 11.8 Å². The molecule has 0 aliphatic rings. The summed E-state index contributed by atoms with van der Waals surface area (Å²) in [7, 11) is 0. The van der Waals surface area contributed by atoms with E-state index in [1.807, 2.05) is 26.2 Å². The van der Waals surface area contributed by atoms with Crippen LogP contribution in [0.5, 0.6) is 0 Å². The first-order chi connectivity index (χ1) is 7.44. The van der Waals surface area contributed by atoms with Crippen LogP contribution in [-0.2, 0) is 0 Å². The van der Waals surface area contributed by atoms with Crippen LogP contribution in [0.1, 0.15) is 36.0 Å². The molecule has 0 aliphatic carbocycles. The van der Waals surface area contributed by atoms with Gasteiger partial charge in [-0.25, -0.2) is 0 Å². The number of carbonyl (C=O) groups excluding carboxylic acids is 1. The molecule has 0 unspecified atom stereocenters. The Balaban J connectivity index is 2.88. The van der Waals surface area contributed by atoms with Gasteiger partial charge in [-0.1, -0.05) is 11.8 Å². The smallest absolute Gasteiger partial charge is 0.263 e. The first-order valence-electron chi connectivity index (χ1n) is 4.94. The lowest BCUT2D eigenvalue weighted by molar-refractivity contribution is 0.0923. The van der Waals surface area contributed by atoms with Crippen molar-refractivity contribution in [2.75, 3.05) is 6.61 Å². The van der Waals surface area contributed by atoms with Gasteiger partial charge in [-0.2, -0.15) is 0 Å². The number of hydrogen-bond acceptors (Lipinski definition) is 3. The van der Waals surface area contributed by atoms with E-state index in [0.717, 1.165) is 0 Å². The van der Waals surface area contributed by atoms with E-state index in [-0.39, 0.29) is 18.1 Å². The van der Waals surface area contributed by atoms with Crippen LogP contribution in [0.2, 0.25) is 0 Å². The normalized spacial score (nSPS) is 10.5. The summed E-state index contributed by atoms with van der Waals surface area (Å²) in [4.78, 5) is 12.5. The molecule has 0 radical (unpaired) electrons. The second kappa shape index (κ2) is 5.15. The van der Waals surface area contributed by atoms with Crippen molar-refractivity contribution in [2.24, 2.45) is 0 Å². The number of hydrogen-bond donors (Lipinski definition) is 2. The maximum absolute atomic E-state index is 11.9. The molecule has 86 valence electrons. The lowest BCUT2D eigenvalue weighted by Crippen LogP contribution is -2.40. The highest BCUT2D eigenvalue weighted by Gasteiger charge is 2.18. The fraction of sp³-hybridized carbons (Fsp3) is 0.417. The Morgan fingerprint density at radius 2 is 2.25 bits per heavy atom. The second-order valence-electron chi connectivity index (χ2n) is 4.33. The molecule has 1 heterocycles. The third-order valence-electron chi connectivity index (χ3n) is 1.66. The first kappa shape index (κ1) is 12.8. The van der Waals surface area contributed by atoms with E-state index in [1.54, 1.807) is 6.07 Å². The topological polar surface area (TPSA) is 49.3 Å². The highest BCUT2D eigenvalue weighted by Crippen LogP contribution is 2.16. The van der Waals surface area contributed by atoms with Crippen LogP contribution >= 0.6 is 11.3 Å². The van der Waals surface area contributed by atoms with E-state index in [1.165, 1.54) is 11.3 Å². The zero-order valence-corrected chi connectivity index (χ0v) is 10.4. The van der Waals surface area contributed by atoms with Gasteiger partial charge in [-0.3, -0.25) is 4.79 Å². The molecule has 4 heteroatoms. The van der Waals surface area contributed by atoms with E-state index in [4.69, 9.17) is 5.11 Å². The Kier molecular flexibility index (Phi) is 4.11. The van der Waals surface area contributed by atoms with Crippen molar-refractivity contribution in [2.45, 2.75) is 26.3 Å². The number of rotatable bonds is 1. The third-order valence-corrected chi connectivity index (χ3v) is 2.58. The molecule has 1 aromatic rings. The number of aliphatic hydroxyl groups is 1. The SMILES string of the molecule is CC(C)(C)NC(=O)c1sccc1C#CCO. The highest BCUT2D eigenvalue weighted by molar-refractivity contribution is 7.12. The van der Waals surface area contributed by atoms with Gasteiger partial charge < -0.3 is 10.4 Å². The Bertz CT molecular complexity index is 432. The fourth-order valence-corrected chi connectivity index (χ4v) is 1.86. The molecule has 0 bridgehead atoms. The minimum atomic E-state index is -0.261. The maximum Gasteiger partial charge on any atom is 0.263 e. The summed E-state index contributed by atoms with van der Waals surface area (Å²) >= 11 is 1.35. The molecule has 3 nitrogen and oxygen atoms in total. The monoisotopic (exact) mass is 237 g/mol. The predicted octanol–water partition coefficient (Wildman–Crippen LogP) is 1.62. The Labute approximate surface area is 99.5 Å². The zero-order chi connectivity index (χ0) is 12.2. The largest absolute Gasteiger partial charge is 0.384 e. The van der Waals surface area contributed by atoms with Crippen molar-refractivity contribution in [3.8, 4) is 11.8 Å². The summed E-state index contributed by atoms with van der Waals surface area (Å²) in [6, 6.07) is 1.78. The standard InChI is InChI=1S/C12H15NO2S/c1-12(2,3)13-11(15)10-9(5-4-7-14)6-8-16-10/h6,8,14H,7H2,1-3H3,(H,13,15). The van der Waals surface area contributed by atoms with Gasteiger partial charge in [-0.15, -0.1) is 11.3 Å². The molecule has 0 aromatic carbocycles. The highest BCUT2D eigenvalue weighted by atomic mass is 32.1. The molecule has 0 spiro atoms. The van der Waals surface area contributed by atoms with Crippen molar-refractivity contribution < 1.29 is 9.90 Å². The van der Waals surface area contributed by atoms with E-state index in [9.17, 15) is 4.79 Å². The molecule has 16 heavy (non-hydrogen) atoms. The summed E-state index contributed by atoms with van der Waals surface area (Å²) in [5, 5.41) is 13.3. The maximum atomic E-state index is 11.9. The third kappa shape index (κ3) is 3.69. The van der Waals surface area contributed by atoms with Gasteiger partial charge in [0.25, 0.3) is 5.91 Å². The van der Waals surface area contributed by atoms with Gasteiger partial charge in [0.1, 0.15) is 11.5 Å². The predicted molar refractivity (Wildman–Crippen MR) is 65.5 cm³/mol. The summed E-state index contributed by atoms with van der Waals surface area (Å²) in [6.07, 6.45) is 0. The lowest BCUT2D eigenvalue weighted by Gasteiger charge is -2.19. The van der Waals surface area contributed by atoms with Crippen LogP contribution in [0.15, 0.2) is 11.4 Å². The summed E-state index contributed by atoms with van der Waals surface area (Å²) < 4.78 is 0. The average Bonchev–Trinajstić information content (AvgIpc) is 2.59. The molecular weight excluding hydrogens is 222 g/mol. The van der Waals surface area contributed by atoms with Crippen LogP contribution in [0.4, 0.5) is 0 Å². The van der Waals surface area contributed by atoms with Gasteiger partial charge in [0.15, 0.2) is 0 Å². The lowest BCUT2D eigenvalue weighted by atomic mass is 10.1. The van der Waals surface area contributed by atoms with Gasteiger partial charge in [-0.05, 0) is 32.2 Å². The van der Waals surface area contributed by atoms with Crippen LogP contribution in [0.25, 0.3) is 0 Å². The number of amides is 1. The van der Waals surface area contributed by atoms with E-state index >= 15 is 0 Å². The molecule has 1 aromatic heterocycles. The Morgan fingerprint density at radius 1 is 1.56 bits per heavy atom. The molecular formula is C12H15NO2S. The fourth-order valence-electron chi connectivity index (χ4n) is 1.12. The first-order valence-corrected chi connectivity index (χ1v) is 5.82. The van der Waals surface area contributed by atoms with Crippen molar-refractivity contribution in [1.29, 1.82) is 0 Å². The molecule has 0 fully saturated rings. The Hall–Kier alpha value is -1.31. The average molecular weight is 237 g/mol. The Morgan fingerprint density at radius 3 is 2.81 bits per heavy atom. The van der Waals surface area contributed by atoms with Crippen LogP contribution in [0.3, 0.4) is 0 Å². The van der Waals surface area contributed by atoms with Crippen molar-refractivity contribution in [3.63, 3.8) is 0 Å². The summed E-state index contributed by atoms with van der Waals surface area (Å²) in [5.41, 5.74) is 0.406. The number of aliphatic hydroxyl groups excluding tert-OH is 1. The van der Waals surface area contributed by atoms with Gasteiger partial charge in [0.2, 0.25) is 0 Å². The minimum absolute atomic E-state index is 0.121. The zero-order valence-electron chi connectivity index (χ0n) is 9.63. The van der Waals surface area contributed by atoms with Crippen LogP contribution < -0.4 is 5.32 Å². The van der Waals surface area contributed by atoms with Gasteiger partial charge >= 0.3 is 0 Å². The van der Waals surface area contributed by atoms with E-state index in [2.05, 4.69) is 17.2 Å². The van der Waals surface area contributed by atoms with E-state index < -0.39 is 0 Å². The van der Waals surface area contributed by atoms with Gasteiger partial charge in [0, 0.05) is 11.1 Å². The number of carbonyl (C=O) groups is 1. The van der Waals surface area contributed by atoms with Gasteiger partial charge in [0.05, 0.1) is 0 Å². The number of thiophene rings is 1. The minimum Gasteiger partial charge on any atom is -0.384 e. The molecule has 0 atom stereocenters. The summed E-state index contributed by atoms with van der Waals surface area (Å²) in [6.45, 7) is 5.59. The molecule has 0 aliphatic heterocycles.